The first-order valence-corrected chi connectivity index (χ1v) is 8.58. The number of benzene rings is 1. The van der Waals surface area contributed by atoms with Crippen LogP contribution in [0.1, 0.15) is 30.9 Å². The molecule has 2 heterocycles. The van der Waals surface area contributed by atoms with Gasteiger partial charge >= 0.3 is 0 Å². The molecule has 6 heteroatoms. The van der Waals surface area contributed by atoms with Crippen LogP contribution in [0.5, 0.6) is 0 Å². The van der Waals surface area contributed by atoms with E-state index in [1.165, 1.54) is 18.6 Å². The Kier molecular flexibility index (Phi) is 5.14. The van der Waals surface area contributed by atoms with Gasteiger partial charge in [0.1, 0.15) is 11.9 Å². The van der Waals surface area contributed by atoms with Gasteiger partial charge in [0.15, 0.2) is 0 Å². The molecular weight excluding hydrogens is 309 g/mol. The Hall–Kier alpha value is -1.95. The monoisotopic (exact) mass is 333 g/mol. The second-order valence-electron chi connectivity index (χ2n) is 6.63. The molecule has 0 unspecified atom stereocenters. The molecule has 0 bridgehead atoms. The summed E-state index contributed by atoms with van der Waals surface area (Å²) in [5.74, 6) is -0.394. The molecule has 1 aromatic carbocycles. The normalized spacial score (nSPS) is 21.0. The first-order valence-electron chi connectivity index (χ1n) is 8.58. The van der Waals surface area contributed by atoms with Crippen LogP contribution >= 0.6 is 0 Å². The van der Waals surface area contributed by atoms with Crippen molar-refractivity contribution in [2.24, 2.45) is 0 Å². The minimum atomic E-state index is -0.429. The van der Waals surface area contributed by atoms with Crippen molar-refractivity contribution in [2.75, 3.05) is 39.8 Å². The topological polar surface area (TPSA) is 43.9 Å². The number of rotatable bonds is 3. The summed E-state index contributed by atoms with van der Waals surface area (Å²) >= 11 is 0. The van der Waals surface area contributed by atoms with E-state index in [2.05, 4.69) is 4.90 Å². The number of halogens is 1. The molecule has 1 aromatic rings. The highest BCUT2D eigenvalue weighted by molar-refractivity contribution is 5.89. The van der Waals surface area contributed by atoms with Gasteiger partial charge in [-0.05, 0) is 43.6 Å². The van der Waals surface area contributed by atoms with Gasteiger partial charge in [0.05, 0.1) is 6.54 Å². The zero-order valence-electron chi connectivity index (χ0n) is 14.1. The molecule has 0 N–H and O–H groups in total. The number of nitrogens with zero attached hydrogens (tertiary/aromatic N) is 3. The molecule has 3 rings (SSSR count). The zero-order valence-corrected chi connectivity index (χ0v) is 14.1. The van der Waals surface area contributed by atoms with E-state index in [0.29, 0.717) is 13.1 Å². The molecule has 5 nitrogen and oxygen atoms in total. The van der Waals surface area contributed by atoms with Crippen molar-refractivity contribution in [2.45, 2.75) is 25.3 Å². The molecule has 0 radical (unpaired) electrons. The van der Waals surface area contributed by atoms with Crippen molar-refractivity contribution in [1.29, 1.82) is 0 Å². The van der Waals surface area contributed by atoms with Crippen molar-refractivity contribution in [3.63, 3.8) is 0 Å². The van der Waals surface area contributed by atoms with Gasteiger partial charge in [-0.2, -0.15) is 0 Å². The van der Waals surface area contributed by atoms with Crippen molar-refractivity contribution in [1.82, 2.24) is 14.7 Å². The molecule has 1 atom stereocenters. The fraction of sp³-hybridized carbons (Fsp3) is 0.556. The van der Waals surface area contributed by atoms with Crippen LogP contribution in [0.15, 0.2) is 24.3 Å². The van der Waals surface area contributed by atoms with Gasteiger partial charge in [0, 0.05) is 20.1 Å². The number of piperazine rings is 1. The summed E-state index contributed by atoms with van der Waals surface area (Å²) < 4.78 is 13.3. The molecule has 0 aliphatic carbocycles. The Bertz CT molecular complexity index is 599. The lowest BCUT2D eigenvalue weighted by molar-refractivity contribution is -0.148. The smallest absolute Gasteiger partial charge is 0.245 e. The van der Waals surface area contributed by atoms with E-state index in [-0.39, 0.29) is 24.2 Å². The van der Waals surface area contributed by atoms with Crippen molar-refractivity contribution < 1.29 is 14.0 Å². The van der Waals surface area contributed by atoms with Crippen LogP contribution in [0.25, 0.3) is 0 Å². The van der Waals surface area contributed by atoms with Crippen molar-refractivity contribution in [3.8, 4) is 0 Å². The zero-order chi connectivity index (χ0) is 17.1. The average molecular weight is 333 g/mol. The number of likely N-dealkylation sites (N-methyl/N-ethyl adjacent to an activating group) is 1. The fourth-order valence-electron chi connectivity index (χ4n) is 3.45. The van der Waals surface area contributed by atoms with Crippen LogP contribution in [0.3, 0.4) is 0 Å². The highest BCUT2D eigenvalue weighted by Gasteiger charge is 2.34. The van der Waals surface area contributed by atoms with Crippen LogP contribution in [-0.4, -0.2) is 66.3 Å². The lowest BCUT2D eigenvalue weighted by atomic mass is 10.00. The van der Waals surface area contributed by atoms with Gasteiger partial charge in [0.25, 0.3) is 0 Å². The SMILES string of the molecule is CN1CCN(C(=O)[C@H](c2ccc(F)cc2)N2CCCCC2)CC1=O. The standard InChI is InChI=1S/C18H24FN3O2/c1-20-11-12-22(13-16(20)23)18(24)17(21-9-3-2-4-10-21)14-5-7-15(19)8-6-14/h5-8,17H,2-4,9-13H2,1H3/t17-/m0/s1. The first kappa shape index (κ1) is 16.9. The molecule has 0 aromatic heterocycles. The van der Waals surface area contributed by atoms with Crippen LogP contribution < -0.4 is 0 Å². The number of carbonyl (C=O) groups excluding carboxylic acids is 2. The molecule has 2 amide bonds. The molecule has 2 saturated heterocycles. The predicted molar refractivity (Wildman–Crippen MR) is 88.8 cm³/mol. The van der Waals surface area contributed by atoms with E-state index in [9.17, 15) is 14.0 Å². The third kappa shape index (κ3) is 3.59. The number of hydrogen-bond donors (Lipinski definition) is 0. The number of piperidine rings is 1. The Morgan fingerprint density at radius 3 is 2.33 bits per heavy atom. The fourth-order valence-corrected chi connectivity index (χ4v) is 3.45. The van der Waals surface area contributed by atoms with Crippen molar-refractivity contribution >= 4 is 11.8 Å². The number of amides is 2. The van der Waals surface area contributed by atoms with Gasteiger partial charge in [-0.15, -0.1) is 0 Å². The molecule has 2 aliphatic heterocycles. The second-order valence-corrected chi connectivity index (χ2v) is 6.63. The maximum atomic E-state index is 13.3. The van der Waals surface area contributed by atoms with Gasteiger partial charge in [-0.25, -0.2) is 4.39 Å². The van der Waals surface area contributed by atoms with Gasteiger partial charge in [0.2, 0.25) is 11.8 Å². The second kappa shape index (κ2) is 7.30. The van der Waals surface area contributed by atoms with Gasteiger partial charge in [-0.3, -0.25) is 14.5 Å². The minimum absolute atomic E-state index is 0.0360. The molecule has 2 aliphatic rings. The van der Waals surface area contributed by atoms with E-state index in [1.54, 1.807) is 29.0 Å². The predicted octanol–water partition coefficient (Wildman–Crippen LogP) is 1.65. The first-order chi connectivity index (χ1) is 11.6. The van der Waals surface area contributed by atoms with Crippen molar-refractivity contribution in [3.05, 3.63) is 35.6 Å². The summed E-state index contributed by atoms with van der Waals surface area (Å²) in [6, 6.07) is 5.74. The quantitative estimate of drug-likeness (QED) is 0.845. The Balaban J connectivity index is 1.84. The minimum Gasteiger partial charge on any atom is -0.342 e. The summed E-state index contributed by atoms with van der Waals surface area (Å²) in [6.45, 7) is 2.94. The lowest BCUT2D eigenvalue weighted by Gasteiger charge is -2.39. The van der Waals surface area contributed by atoms with E-state index in [0.717, 1.165) is 31.5 Å². The Morgan fingerprint density at radius 1 is 1.04 bits per heavy atom. The molecule has 0 saturated carbocycles. The highest BCUT2D eigenvalue weighted by atomic mass is 19.1. The maximum Gasteiger partial charge on any atom is 0.245 e. The Morgan fingerprint density at radius 2 is 1.71 bits per heavy atom. The van der Waals surface area contributed by atoms with Crippen LogP contribution in [0, 0.1) is 5.82 Å². The van der Waals surface area contributed by atoms with Gasteiger partial charge < -0.3 is 9.80 Å². The lowest BCUT2D eigenvalue weighted by Crippen LogP contribution is -2.54. The summed E-state index contributed by atoms with van der Waals surface area (Å²) in [5, 5.41) is 0. The highest BCUT2D eigenvalue weighted by Crippen LogP contribution is 2.27. The van der Waals surface area contributed by atoms with E-state index >= 15 is 0 Å². The number of likely N-dealkylation sites (tertiary alicyclic amines) is 1. The maximum absolute atomic E-state index is 13.3. The summed E-state index contributed by atoms with van der Waals surface area (Å²) in [6.07, 6.45) is 3.30. The number of carbonyl (C=O) groups is 2. The molecule has 130 valence electrons. The summed E-state index contributed by atoms with van der Waals surface area (Å²) in [5.41, 5.74) is 0.801. The largest absolute Gasteiger partial charge is 0.342 e. The average Bonchev–Trinajstić information content (AvgIpc) is 2.60. The van der Waals surface area contributed by atoms with E-state index in [4.69, 9.17) is 0 Å². The number of hydrogen-bond acceptors (Lipinski definition) is 3. The third-order valence-electron chi connectivity index (χ3n) is 4.94. The summed E-state index contributed by atoms with van der Waals surface area (Å²) in [7, 11) is 1.76. The van der Waals surface area contributed by atoms with Crippen LogP contribution in [0.4, 0.5) is 4.39 Å². The Labute approximate surface area is 142 Å². The van der Waals surface area contributed by atoms with E-state index in [1.807, 2.05) is 0 Å². The van der Waals surface area contributed by atoms with Gasteiger partial charge in [-0.1, -0.05) is 18.6 Å². The van der Waals surface area contributed by atoms with Crippen LogP contribution in [0.2, 0.25) is 0 Å². The van der Waals surface area contributed by atoms with Crippen LogP contribution in [-0.2, 0) is 9.59 Å². The third-order valence-corrected chi connectivity index (χ3v) is 4.94. The summed E-state index contributed by atoms with van der Waals surface area (Å²) in [4.78, 5) is 30.6. The molecule has 0 spiro atoms. The van der Waals surface area contributed by atoms with E-state index < -0.39 is 6.04 Å². The molecular formula is C18H24FN3O2. The molecule has 2 fully saturated rings. The molecule has 24 heavy (non-hydrogen) atoms.